The van der Waals surface area contributed by atoms with Crippen LogP contribution in [0.25, 0.3) is 3.59 Å². The zero-order valence-electron chi connectivity index (χ0n) is 19.9. The summed E-state index contributed by atoms with van der Waals surface area (Å²) in [4.78, 5) is 12.1. The molecule has 0 heterocycles. The van der Waals surface area contributed by atoms with Crippen molar-refractivity contribution in [1.29, 1.82) is 0 Å². The summed E-state index contributed by atoms with van der Waals surface area (Å²) < 4.78 is 11.7. The van der Waals surface area contributed by atoms with Gasteiger partial charge in [0, 0.05) is 0 Å². The van der Waals surface area contributed by atoms with Crippen LogP contribution in [0.4, 0.5) is 0 Å². The second-order valence-electron chi connectivity index (χ2n) is 8.95. The first kappa shape index (κ1) is 26.3. The molecule has 0 bridgehead atoms. The van der Waals surface area contributed by atoms with E-state index in [1.165, 1.54) is 57.4 Å². The summed E-state index contributed by atoms with van der Waals surface area (Å²) in [7, 11) is 0. The van der Waals surface area contributed by atoms with Crippen molar-refractivity contribution in [1.82, 2.24) is 0 Å². The molecule has 0 aliphatic carbocycles. The van der Waals surface area contributed by atoms with Crippen molar-refractivity contribution in [2.24, 2.45) is 0 Å². The van der Waals surface area contributed by atoms with Gasteiger partial charge in [0.25, 0.3) is 0 Å². The molecule has 0 aliphatic rings. The Morgan fingerprint density at radius 1 is 0.897 bits per heavy atom. The quantitative estimate of drug-likeness (QED) is 0.188. The number of ether oxygens (including phenoxy) is 1. The summed E-state index contributed by atoms with van der Waals surface area (Å²) in [5.74, 6) is -0.116. The topological polar surface area (TPSA) is 26.3 Å². The SMILES string of the molecule is CCC[CH2][Sn]([CH2]CCC)([CH2]CCC)/[C](=C/C(C)(C)OC(=O)CC)c1ccccc1. The molecular weight excluding hydrogens is 463 g/mol. The van der Waals surface area contributed by atoms with Gasteiger partial charge in [-0.3, -0.25) is 0 Å². The zero-order chi connectivity index (χ0) is 21.8. The third-order valence-electron chi connectivity index (χ3n) is 5.84. The average Bonchev–Trinajstić information content (AvgIpc) is 2.72. The average molecular weight is 507 g/mol. The van der Waals surface area contributed by atoms with Crippen molar-refractivity contribution in [2.45, 2.75) is 105 Å². The monoisotopic (exact) mass is 508 g/mol. The number of rotatable bonds is 14. The Balaban J connectivity index is 3.56. The van der Waals surface area contributed by atoms with E-state index in [2.05, 4.69) is 71.0 Å². The van der Waals surface area contributed by atoms with E-state index in [4.69, 9.17) is 4.74 Å². The molecular formula is C26H44O2Sn. The van der Waals surface area contributed by atoms with Gasteiger partial charge >= 0.3 is 185 Å². The molecule has 0 atom stereocenters. The van der Waals surface area contributed by atoms with Crippen LogP contribution in [0.1, 0.15) is 92.1 Å². The second kappa shape index (κ2) is 13.5. The second-order valence-corrected chi connectivity index (χ2v) is 22.1. The molecule has 0 saturated carbocycles. The normalized spacial score (nSPS) is 12.8. The Morgan fingerprint density at radius 2 is 1.38 bits per heavy atom. The summed E-state index contributed by atoms with van der Waals surface area (Å²) in [6, 6.07) is 11.0. The molecule has 29 heavy (non-hydrogen) atoms. The van der Waals surface area contributed by atoms with Crippen LogP contribution in [0.15, 0.2) is 36.4 Å². The first-order valence-corrected chi connectivity index (χ1v) is 19.3. The fraction of sp³-hybridized carbons (Fsp3) is 0.654. The van der Waals surface area contributed by atoms with Crippen molar-refractivity contribution in [2.75, 3.05) is 0 Å². The molecule has 0 amide bonds. The van der Waals surface area contributed by atoms with Crippen LogP contribution >= 0.6 is 0 Å². The molecule has 0 radical (unpaired) electrons. The maximum absolute atomic E-state index is 12.1. The van der Waals surface area contributed by atoms with Gasteiger partial charge in [-0.2, -0.15) is 0 Å². The van der Waals surface area contributed by atoms with E-state index < -0.39 is 24.0 Å². The Hall–Kier alpha value is -0.771. The van der Waals surface area contributed by atoms with Gasteiger partial charge in [-0.25, -0.2) is 0 Å². The van der Waals surface area contributed by atoms with Gasteiger partial charge < -0.3 is 0 Å². The number of benzene rings is 1. The molecule has 164 valence electrons. The van der Waals surface area contributed by atoms with E-state index in [0.29, 0.717) is 6.42 Å². The Kier molecular flexibility index (Phi) is 12.2. The maximum atomic E-state index is 12.1. The Bertz CT molecular complexity index is 597. The number of hydrogen-bond acceptors (Lipinski definition) is 2. The Labute approximate surface area is 184 Å². The van der Waals surface area contributed by atoms with Crippen LogP contribution < -0.4 is 0 Å². The van der Waals surface area contributed by atoms with Gasteiger partial charge in [0.15, 0.2) is 0 Å². The van der Waals surface area contributed by atoms with E-state index in [1.54, 1.807) is 3.59 Å². The standard InChI is InChI=1S/C14H17O2.3C4H9.Sn/c1-4-13(15)16-14(2,3)11-10-12-8-6-5-7-9-12;3*1-3-4-2;/h5-9,11H,4H2,1-3H3;3*1,3-4H2,2H3;. The first-order chi connectivity index (χ1) is 13.8. The van der Waals surface area contributed by atoms with Crippen molar-refractivity contribution < 1.29 is 9.53 Å². The van der Waals surface area contributed by atoms with E-state index in [1.807, 2.05) is 6.92 Å². The molecule has 1 aromatic carbocycles. The molecule has 0 unspecified atom stereocenters. The molecule has 1 aromatic rings. The summed E-state index contributed by atoms with van der Waals surface area (Å²) in [5, 5.41) is 0. The van der Waals surface area contributed by atoms with Crippen LogP contribution in [-0.2, 0) is 9.53 Å². The molecule has 2 nitrogen and oxygen atoms in total. The van der Waals surface area contributed by atoms with E-state index in [0.717, 1.165) is 0 Å². The van der Waals surface area contributed by atoms with Gasteiger partial charge in [-0.05, 0) is 0 Å². The number of carbonyl (C=O) groups excluding carboxylic acids is 1. The van der Waals surface area contributed by atoms with E-state index in [-0.39, 0.29) is 5.97 Å². The number of hydrogen-bond donors (Lipinski definition) is 0. The molecule has 3 heteroatoms. The molecule has 0 aliphatic heterocycles. The zero-order valence-corrected chi connectivity index (χ0v) is 22.7. The Morgan fingerprint density at radius 3 is 1.79 bits per heavy atom. The molecule has 1 rings (SSSR count). The van der Waals surface area contributed by atoms with Gasteiger partial charge in [-0.1, -0.05) is 0 Å². The van der Waals surface area contributed by atoms with Crippen LogP contribution in [-0.4, -0.2) is 29.9 Å². The van der Waals surface area contributed by atoms with Crippen molar-refractivity contribution in [3.8, 4) is 0 Å². The minimum atomic E-state index is -2.69. The van der Waals surface area contributed by atoms with Crippen LogP contribution in [0.5, 0.6) is 0 Å². The van der Waals surface area contributed by atoms with Gasteiger partial charge in [0.2, 0.25) is 0 Å². The predicted molar refractivity (Wildman–Crippen MR) is 130 cm³/mol. The van der Waals surface area contributed by atoms with Gasteiger partial charge in [0.1, 0.15) is 0 Å². The van der Waals surface area contributed by atoms with Crippen molar-refractivity contribution in [3.63, 3.8) is 0 Å². The third kappa shape index (κ3) is 8.86. The number of unbranched alkanes of at least 4 members (excludes halogenated alkanes) is 3. The van der Waals surface area contributed by atoms with E-state index >= 15 is 0 Å². The fourth-order valence-electron chi connectivity index (χ4n) is 4.23. The predicted octanol–water partition coefficient (Wildman–Crippen LogP) is 8.19. The summed E-state index contributed by atoms with van der Waals surface area (Å²) in [5.41, 5.74) is 0.803. The third-order valence-corrected chi connectivity index (χ3v) is 21.6. The fourth-order valence-corrected chi connectivity index (χ4v) is 21.6. The molecule has 0 N–H and O–H groups in total. The summed E-state index contributed by atoms with van der Waals surface area (Å²) >= 11 is -2.69. The van der Waals surface area contributed by atoms with Gasteiger partial charge in [-0.15, -0.1) is 0 Å². The van der Waals surface area contributed by atoms with Gasteiger partial charge in [0.05, 0.1) is 0 Å². The molecule has 0 spiro atoms. The molecule has 0 fully saturated rings. The van der Waals surface area contributed by atoms with Crippen LogP contribution in [0.3, 0.4) is 0 Å². The number of esters is 1. The van der Waals surface area contributed by atoms with Crippen molar-refractivity contribution in [3.05, 3.63) is 42.0 Å². The van der Waals surface area contributed by atoms with Crippen molar-refractivity contribution >= 4 is 27.9 Å². The molecule has 0 saturated heterocycles. The first-order valence-electron chi connectivity index (χ1n) is 11.8. The summed E-state index contributed by atoms with van der Waals surface area (Å²) in [6.45, 7) is 12.9. The molecule has 0 aromatic heterocycles. The minimum absolute atomic E-state index is 0.116. The summed E-state index contributed by atoms with van der Waals surface area (Å²) in [6.07, 6.45) is 10.5. The number of carbonyl (C=O) groups is 1. The van der Waals surface area contributed by atoms with E-state index in [9.17, 15) is 4.79 Å². The van der Waals surface area contributed by atoms with Crippen LogP contribution in [0, 0.1) is 0 Å². The van der Waals surface area contributed by atoms with Crippen LogP contribution in [0.2, 0.25) is 13.3 Å².